The summed E-state index contributed by atoms with van der Waals surface area (Å²) < 4.78 is 32.3. The van der Waals surface area contributed by atoms with Crippen molar-refractivity contribution in [3.63, 3.8) is 0 Å². The minimum Gasteiger partial charge on any atom is -0.462 e. The largest absolute Gasteiger partial charge is 0.462 e. The Morgan fingerprint density at radius 2 is 1.69 bits per heavy atom. The van der Waals surface area contributed by atoms with Crippen LogP contribution < -0.4 is 5.32 Å². The second kappa shape index (κ2) is 10.1. The van der Waals surface area contributed by atoms with Crippen LogP contribution in [0.3, 0.4) is 0 Å². The van der Waals surface area contributed by atoms with Gasteiger partial charge < -0.3 is 10.1 Å². The second-order valence-corrected chi connectivity index (χ2v) is 10.9. The SMILES string of the molecule is CCOC(=O)c1c(NC(=O)CN2CCN(S(=O)(=O)c3ccc(C)cc3)CC2)sc(C)c1C. The standard InChI is InChI=1S/C22H29N3O5S2/c1-5-30-22(27)20-16(3)17(4)31-21(20)23-19(26)14-24-10-12-25(13-11-24)32(28,29)18-8-6-15(2)7-9-18/h6-9H,5,10-14H2,1-4H3,(H,23,26). The van der Waals surface area contributed by atoms with E-state index in [1.807, 2.05) is 25.7 Å². The molecular weight excluding hydrogens is 450 g/mol. The number of hydrogen-bond acceptors (Lipinski definition) is 7. The minimum absolute atomic E-state index is 0.122. The highest BCUT2D eigenvalue weighted by Gasteiger charge is 2.29. The van der Waals surface area contributed by atoms with Gasteiger partial charge in [-0.2, -0.15) is 4.31 Å². The van der Waals surface area contributed by atoms with E-state index in [1.54, 1.807) is 31.2 Å². The molecule has 0 radical (unpaired) electrons. The van der Waals surface area contributed by atoms with Crippen LogP contribution in [0.2, 0.25) is 0 Å². The molecule has 1 N–H and O–H groups in total. The van der Waals surface area contributed by atoms with Crippen LogP contribution in [0.1, 0.15) is 33.3 Å². The summed E-state index contributed by atoms with van der Waals surface area (Å²) in [6, 6.07) is 6.81. The zero-order chi connectivity index (χ0) is 23.5. The monoisotopic (exact) mass is 479 g/mol. The molecule has 0 aliphatic carbocycles. The Kier molecular flexibility index (Phi) is 7.71. The van der Waals surface area contributed by atoms with Crippen molar-refractivity contribution in [2.75, 3.05) is 44.6 Å². The van der Waals surface area contributed by atoms with E-state index >= 15 is 0 Å². The van der Waals surface area contributed by atoms with Crippen molar-refractivity contribution in [1.82, 2.24) is 9.21 Å². The van der Waals surface area contributed by atoms with Gasteiger partial charge in [0.05, 0.1) is 23.6 Å². The summed E-state index contributed by atoms with van der Waals surface area (Å²) in [4.78, 5) is 28.1. The van der Waals surface area contributed by atoms with Crippen molar-refractivity contribution in [1.29, 1.82) is 0 Å². The smallest absolute Gasteiger partial charge is 0.341 e. The Hall–Kier alpha value is -2.27. The molecule has 1 aliphatic rings. The number of carbonyl (C=O) groups is 2. The quantitative estimate of drug-likeness (QED) is 0.614. The molecule has 3 rings (SSSR count). The molecule has 1 aliphatic heterocycles. The Morgan fingerprint density at radius 1 is 1.06 bits per heavy atom. The highest BCUT2D eigenvalue weighted by Crippen LogP contribution is 2.33. The summed E-state index contributed by atoms with van der Waals surface area (Å²) in [5.74, 6) is -0.689. The first-order valence-electron chi connectivity index (χ1n) is 10.5. The van der Waals surface area contributed by atoms with Crippen LogP contribution in [-0.4, -0.2) is 68.8 Å². The van der Waals surface area contributed by atoms with Gasteiger partial charge in [0.15, 0.2) is 0 Å². The third-order valence-corrected chi connectivity index (χ3v) is 8.51. The third-order valence-electron chi connectivity index (χ3n) is 5.48. The predicted molar refractivity (Wildman–Crippen MR) is 125 cm³/mol. The normalized spacial score (nSPS) is 15.5. The van der Waals surface area contributed by atoms with Gasteiger partial charge in [-0.15, -0.1) is 11.3 Å². The van der Waals surface area contributed by atoms with E-state index in [1.165, 1.54) is 15.6 Å². The summed E-state index contributed by atoms with van der Waals surface area (Å²) in [6.07, 6.45) is 0. The molecule has 10 heteroatoms. The van der Waals surface area contributed by atoms with Gasteiger partial charge >= 0.3 is 5.97 Å². The lowest BCUT2D eigenvalue weighted by Crippen LogP contribution is -2.50. The number of nitrogens with zero attached hydrogens (tertiary/aromatic N) is 2. The number of rotatable bonds is 7. The number of sulfonamides is 1. The fraction of sp³-hybridized carbons (Fsp3) is 0.455. The number of anilines is 1. The van der Waals surface area contributed by atoms with E-state index in [9.17, 15) is 18.0 Å². The van der Waals surface area contributed by atoms with Crippen LogP contribution in [0, 0.1) is 20.8 Å². The zero-order valence-corrected chi connectivity index (χ0v) is 20.4. The second-order valence-electron chi connectivity index (χ2n) is 7.75. The van der Waals surface area contributed by atoms with Gasteiger partial charge in [-0.05, 0) is 45.4 Å². The molecular formula is C22H29N3O5S2. The lowest BCUT2D eigenvalue weighted by molar-refractivity contribution is -0.117. The molecule has 1 aromatic heterocycles. The molecule has 0 spiro atoms. The van der Waals surface area contributed by atoms with Gasteiger partial charge in [-0.25, -0.2) is 13.2 Å². The van der Waals surface area contributed by atoms with Crippen LogP contribution >= 0.6 is 11.3 Å². The summed E-state index contributed by atoms with van der Waals surface area (Å²) in [7, 11) is -3.55. The molecule has 2 heterocycles. The van der Waals surface area contributed by atoms with Gasteiger partial charge in [0, 0.05) is 31.1 Å². The van der Waals surface area contributed by atoms with Crippen molar-refractivity contribution in [2.45, 2.75) is 32.6 Å². The van der Waals surface area contributed by atoms with E-state index in [0.717, 1.165) is 16.0 Å². The number of hydrogen-bond donors (Lipinski definition) is 1. The predicted octanol–water partition coefficient (Wildman–Crippen LogP) is 2.80. The molecule has 32 heavy (non-hydrogen) atoms. The molecule has 8 nitrogen and oxygen atoms in total. The topological polar surface area (TPSA) is 96.0 Å². The maximum Gasteiger partial charge on any atom is 0.341 e. The minimum atomic E-state index is -3.55. The number of nitrogens with one attached hydrogen (secondary N) is 1. The molecule has 0 atom stereocenters. The van der Waals surface area contributed by atoms with Crippen molar-refractivity contribution in [3.8, 4) is 0 Å². The number of benzene rings is 1. The summed E-state index contributed by atoms with van der Waals surface area (Å²) in [5, 5.41) is 3.33. The summed E-state index contributed by atoms with van der Waals surface area (Å²) in [6.45, 7) is 9.29. The van der Waals surface area contributed by atoms with E-state index in [2.05, 4.69) is 5.32 Å². The molecule has 0 unspecified atom stereocenters. The Labute approximate surface area is 193 Å². The number of piperazine rings is 1. The Balaban J connectivity index is 1.59. The van der Waals surface area contributed by atoms with Gasteiger partial charge in [0.25, 0.3) is 0 Å². The maximum absolute atomic E-state index is 12.8. The number of carbonyl (C=O) groups excluding carboxylic acids is 2. The van der Waals surface area contributed by atoms with E-state index in [-0.39, 0.29) is 24.0 Å². The average molecular weight is 480 g/mol. The molecule has 1 saturated heterocycles. The van der Waals surface area contributed by atoms with Crippen LogP contribution in [0.5, 0.6) is 0 Å². The van der Waals surface area contributed by atoms with Gasteiger partial charge in [0.2, 0.25) is 15.9 Å². The lowest BCUT2D eigenvalue weighted by Gasteiger charge is -2.33. The van der Waals surface area contributed by atoms with Gasteiger partial charge in [-0.1, -0.05) is 17.7 Å². The van der Waals surface area contributed by atoms with E-state index in [4.69, 9.17) is 4.74 Å². The van der Waals surface area contributed by atoms with Crippen LogP contribution in [0.15, 0.2) is 29.2 Å². The van der Waals surface area contributed by atoms with E-state index in [0.29, 0.717) is 36.7 Å². The molecule has 0 saturated carbocycles. The first-order chi connectivity index (χ1) is 15.1. The highest BCUT2D eigenvalue weighted by molar-refractivity contribution is 7.89. The Bertz CT molecular complexity index is 1090. The van der Waals surface area contributed by atoms with Crippen LogP contribution in [0.4, 0.5) is 5.00 Å². The van der Waals surface area contributed by atoms with Crippen molar-refractivity contribution in [3.05, 3.63) is 45.8 Å². The fourth-order valence-electron chi connectivity index (χ4n) is 3.52. The molecule has 1 aromatic carbocycles. The zero-order valence-electron chi connectivity index (χ0n) is 18.8. The molecule has 174 valence electrons. The number of thiophene rings is 1. The summed E-state index contributed by atoms with van der Waals surface area (Å²) in [5.41, 5.74) is 2.21. The Morgan fingerprint density at radius 3 is 2.28 bits per heavy atom. The average Bonchev–Trinajstić information content (AvgIpc) is 3.02. The number of aryl methyl sites for hydroxylation is 2. The molecule has 0 bridgehead atoms. The van der Waals surface area contributed by atoms with Crippen LogP contribution in [-0.2, 0) is 19.6 Å². The van der Waals surface area contributed by atoms with Crippen molar-refractivity contribution < 1.29 is 22.7 Å². The van der Waals surface area contributed by atoms with Crippen molar-refractivity contribution in [2.24, 2.45) is 0 Å². The first-order valence-corrected chi connectivity index (χ1v) is 12.7. The van der Waals surface area contributed by atoms with Gasteiger partial charge in [0.1, 0.15) is 5.00 Å². The highest BCUT2D eigenvalue weighted by atomic mass is 32.2. The number of amides is 1. The number of ether oxygens (including phenoxy) is 1. The molecule has 1 fully saturated rings. The number of esters is 1. The lowest BCUT2D eigenvalue weighted by atomic mass is 10.1. The van der Waals surface area contributed by atoms with Crippen LogP contribution in [0.25, 0.3) is 0 Å². The first kappa shape index (κ1) is 24.4. The molecule has 1 amide bonds. The third kappa shape index (κ3) is 5.37. The van der Waals surface area contributed by atoms with E-state index < -0.39 is 16.0 Å². The summed E-state index contributed by atoms with van der Waals surface area (Å²) >= 11 is 1.35. The fourth-order valence-corrected chi connectivity index (χ4v) is 6.01. The maximum atomic E-state index is 12.8. The molecule has 2 aromatic rings. The van der Waals surface area contributed by atoms with Gasteiger partial charge in [-0.3, -0.25) is 9.69 Å². The van der Waals surface area contributed by atoms with Crippen molar-refractivity contribution >= 4 is 38.2 Å².